The molecule has 2 aromatic rings. The van der Waals surface area contributed by atoms with Crippen molar-refractivity contribution in [3.63, 3.8) is 0 Å². The van der Waals surface area contributed by atoms with Crippen molar-refractivity contribution in [3.8, 4) is 0 Å². The number of amides is 1. The fourth-order valence-electron chi connectivity index (χ4n) is 2.83. The number of nitrogen functional groups attached to an aromatic ring is 1. The first-order valence-corrected chi connectivity index (χ1v) is 8.71. The van der Waals surface area contributed by atoms with Gasteiger partial charge in [-0.2, -0.15) is 0 Å². The molecule has 0 radical (unpaired) electrons. The molecule has 1 fully saturated rings. The van der Waals surface area contributed by atoms with Crippen molar-refractivity contribution in [1.82, 2.24) is 5.32 Å². The molecule has 1 aliphatic carbocycles. The van der Waals surface area contributed by atoms with Crippen LogP contribution in [0.1, 0.15) is 35.4 Å². The fraction of sp³-hybridized carbons (Fsp3) is 0.400. The lowest BCUT2D eigenvalue weighted by Gasteiger charge is -2.29. The third kappa shape index (κ3) is 2.93. The van der Waals surface area contributed by atoms with Gasteiger partial charge in [-0.25, -0.2) is 0 Å². The predicted molar refractivity (Wildman–Crippen MR) is 91.6 cm³/mol. The number of nitrogens with two attached hydrogens (primary N) is 2. The first kappa shape index (κ1) is 14.8. The lowest BCUT2D eigenvalue weighted by Crippen LogP contribution is -2.49. The molecule has 2 unspecified atom stereocenters. The number of hydrogen-bond donors (Lipinski definition) is 3. The Morgan fingerprint density at radius 3 is 2.86 bits per heavy atom. The summed E-state index contributed by atoms with van der Waals surface area (Å²) in [5.41, 5.74) is 12.8. The van der Waals surface area contributed by atoms with Crippen molar-refractivity contribution >= 4 is 48.9 Å². The number of nitrogens with one attached hydrogen (secondary N) is 1. The largest absolute Gasteiger partial charge is 0.397 e. The average molecular weight is 368 g/mol. The second-order valence-corrected chi connectivity index (χ2v) is 7.48. The zero-order valence-electron chi connectivity index (χ0n) is 11.6. The lowest BCUT2D eigenvalue weighted by atomic mass is 9.91. The Morgan fingerprint density at radius 2 is 2.10 bits per heavy atom. The number of rotatable bonds is 2. The standard InChI is InChI=1S/C15H18BrN3OS/c16-8-5-6-12-9(7-8)13(18)14(21-12)15(20)19-11-4-2-1-3-10(11)17/h5-7,10-11H,1-4,17-18H2,(H,19,20). The van der Waals surface area contributed by atoms with Gasteiger partial charge in [-0.15, -0.1) is 11.3 Å². The van der Waals surface area contributed by atoms with Gasteiger partial charge in [0.05, 0.1) is 5.69 Å². The van der Waals surface area contributed by atoms with E-state index in [-0.39, 0.29) is 18.0 Å². The van der Waals surface area contributed by atoms with Crippen molar-refractivity contribution in [2.24, 2.45) is 5.73 Å². The highest BCUT2D eigenvalue weighted by atomic mass is 79.9. The van der Waals surface area contributed by atoms with Crippen molar-refractivity contribution in [2.45, 2.75) is 37.8 Å². The molecule has 2 atom stereocenters. The molecule has 1 aromatic carbocycles. The van der Waals surface area contributed by atoms with Gasteiger partial charge in [0.2, 0.25) is 0 Å². The van der Waals surface area contributed by atoms with E-state index in [4.69, 9.17) is 11.5 Å². The summed E-state index contributed by atoms with van der Waals surface area (Å²) in [5.74, 6) is -0.104. The van der Waals surface area contributed by atoms with Gasteiger partial charge in [-0.3, -0.25) is 4.79 Å². The smallest absolute Gasteiger partial charge is 0.263 e. The monoisotopic (exact) mass is 367 g/mol. The van der Waals surface area contributed by atoms with Crippen LogP contribution in [0.5, 0.6) is 0 Å². The van der Waals surface area contributed by atoms with Gasteiger partial charge in [0.15, 0.2) is 0 Å². The molecule has 1 aliphatic rings. The van der Waals surface area contributed by atoms with E-state index in [0.717, 1.165) is 40.2 Å². The molecule has 0 bridgehead atoms. The SMILES string of the molecule is Nc1c(C(=O)NC2CCCCC2N)sc2ccc(Br)cc12. The number of thiophene rings is 1. The van der Waals surface area contributed by atoms with Crippen molar-refractivity contribution in [1.29, 1.82) is 0 Å². The Bertz CT molecular complexity index is 685. The number of carbonyl (C=O) groups excluding carboxylic acids is 1. The molecule has 112 valence electrons. The Kier molecular flexibility index (Phi) is 4.19. The first-order chi connectivity index (χ1) is 10.1. The van der Waals surface area contributed by atoms with Crippen LogP contribution in [0.15, 0.2) is 22.7 Å². The van der Waals surface area contributed by atoms with E-state index in [0.29, 0.717) is 10.6 Å². The molecule has 0 spiro atoms. The van der Waals surface area contributed by atoms with Crippen molar-refractivity contribution < 1.29 is 4.79 Å². The van der Waals surface area contributed by atoms with Crippen LogP contribution in [0.4, 0.5) is 5.69 Å². The summed E-state index contributed by atoms with van der Waals surface area (Å²) in [6, 6.07) is 5.99. The van der Waals surface area contributed by atoms with Crippen LogP contribution >= 0.6 is 27.3 Å². The van der Waals surface area contributed by atoms with Gasteiger partial charge >= 0.3 is 0 Å². The normalized spacial score (nSPS) is 22.4. The van der Waals surface area contributed by atoms with E-state index in [1.54, 1.807) is 0 Å². The third-order valence-electron chi connectivity index (χ3n) is 4.03. The number of benzene rings is 1. The second kappa shape index (κ2) is 5.94. The van der Waals surface area contributed by atoms with Gasteiger partial charge in [0, 0.05) is 26.6 Å². The number of carbonyl (C=O) groups is 1. The molecular formula is C15H18BrN3OS. The Hall–Kier alpha value is -1.11. The molecule has 1 amide bonds. The summed E-state index contributed by atoms with van der Waals surface area (Å²) in [7, 11) is 0. The fourth-order valence-corrected chi connectivity index (χ4v) is 4.20. The number of hydrogen-bond acceptors (Lipinski definition) is 4. The van der Waals surface area contributed by atoms with Crippen LogP contribution in [0.2, 0.25) is 0 Å². The number of fused-ring (bicyclic) bond motifs is 1. The molecular weight excluding hydrogens is 350 g/mol. The molecule has 1 saturated carbocycles. The van der Waals surface area contributed by atoms with Crippen LogP contribution in [-0.4, -0.2) is 18.0 Å². The Balaban J connectivity index is 1.86. The van der Waals surface area contributed by atoms with Crippen LogP contribution in [0.3, 0.4) is 0 Å². The Labute approximate surface area is 136 Å². The van der Waals surface area contributed by atoms with Crippen LogP contribution in [0, 0.1) is 0 Å². The van der Waals surface area contributed by atoms with Crippen molar-refractivity contribution in [2.75, 3.05) is 5.73 Å². The lowest BCUT2D eigenvalue weighted by molar-refractivity contribution is 0.0926. The molecule has 0 aliphatic heterocycles. The number of anilines is 1. The summed E-state index contributed by atoms with van der Waals surface area (Å²) in [4.78, 5) is 13.1. The highest BCUT2D eigenvalue weighted by Gasteiger charge is 2.25. The van der Waals surface area contributed by atoms with Crippen LogP contribution < -0.4 is 16.8 Å². The highest BCUT2D eigenvalue weighted by Crippen LogP contribution is 2.35. The summed E-state index contributed by atoms with van der Waals surface area (Å²) < 4.78 is 1.98. The molecule has 1 aromatic heterocycles. The summed E-state index contributed by atoms with van der Waals surface area (Å²) in [6.07, 6.45) is 4.18. The molecule has 1 heterocycles. The maximum atomic E-state index is 12.5. The minimum absolute atomic E-state index is 0.0486. The molecule has 6 heteroatoms. The maximum absolute atomic E-state index is 12.5. The second-order valence-electron chi connectivity index (χ2n) is 5.51. The van der Waals surface area contributed by atoms with Gasteiger partial charge in [-0.05, 0) is 31.0 Å². The molecule has 5 N–H and O–H groups in total. The summed E-state index contributed by atoms with van der Waals surface area (Å²) in [6.45, 7) is 0. The topological polar surface area (TPSA) is 81.1 Å². The third-order valence-corrected chi connectivity index (χ3v) is 5.71. The maximum Gasteiger partial charge on any atom is 0.263 e. The quantitative estimate of drug-likeness (QED) is 0.761. The minimum atomic E-state index is -0.104. The summed E-state index contributed by atoms with van der Waals surface area (Å²) in [5, 5.41) is 3.98. The van der Waals surface area contributed by atoms with Gasteiger partial charge in [-0.1, -0.05) is 28.8 Å². The summed E-state index contributed by atoms with van der Waals surface area (Å²) >= 11 is 4.86. The van der Waals surface area contributed by atoms with Gasteiger partial charge in [0.1, 0.15) is 4.88 Å². The number of halogens is 1. The average Bonchev–Trinajstić information content (AvgIpc) is 2.79. The molecule has 0 saturated heterocycles. The highest BCUT2D eigenvalue weighted by molar-refractivity contribution is 9.10. The van der Waals surface area contributed by atoms with E-state index >= 15 is 0 Å². The first-order valence-electron chi connectivity index (χ1n) is 7.10. The van der Waals surface area contributed by atoms with E-state index in [2.05, 4.69) is 21.2 Å². The van der Waals surface area contributed by atoms with Gasteiger partial charge in [0.25, 0.3) is 5.91 Å². The van der Waals surface area contributed by atoms with E-state index in [1.807, 2.05) is 18.2 Å². The Morgan fingerprint density at radius 1 is 1.33 bits per heavy atom. The zero-order chi connectivity index (χ0) is 15.0. The van der Waals surface area contributed by atoms with E-state index in [9.17, 15) is 4.79 Å². The molecule has 4 nitrogen and oxygen atoms in total. The molecule has 21 heavy (non-hydrogen) atoms. The zero-order valence-corrected chi connectivity index (χ0v) is 14.0. The predicted octanol–water partition coefficient (Wildman–Crippen LogP) is 3.25. The van der Waals surface area contributed by atoms with Crippen molar-refractivity contribution in [3.05, 3.63) is 27.5 Å². The van der Waals surface area contributed by atoms with Crippen LogP contribution in [0.25, 0.3) is 10.1 Å². The van der Waals surface area contributed by atoms with E-state index in [1.165, 1.54) is 11.3 Å². The van der Waals surface area contributed by atoms with Crippen LogP contribution in [-0.2, 0) is 0 Å². The molecule has 3 rings (SSSR count). The van der Waals surface area contributed by atoms with E-state index < -0.39 is 0 Å². The minimum Gasteiger partial charge on any atom is -0.397 e. The van der Waals surface area contributed by atoms with Gasteiger partial charge < -0.3 is 16.8 Å².